The van der Waals surface area contributed by atoms with Crippen molar-refractivity contribution in [2.24, 2.45) is 28.6 Å². The number of carbonyl (C=O) groups is 3. The van der Waals surface area contributed by atoms with Gasteiger partial charge in [-0.1, -0.05) is 25.5 Å². The summed E-state index contributed by atoms with van der Waals surface area (Å²) < 4.78 is 0. The molecule has 3 saturated carbocycles. The average Bonchev–Trinajstić information content (AvgIpc) is 2.86. The number of hydrogen-bond donors (Lipinski definition) is 2. The number of Topliss-reactive ketones (excluding diaryl/α,β-unsaturated/α-hetero) is 3. The van der Waals surface area contributed by atoms with Gasteiger partial charge in [0, 0.05) is 30.6 Å². The van der Waals surface area contributed by atoms with E-state index < -0.39 is 23.4 Å². The van der Waals surface area contributed by atoms with Gasteiger partial charge in [0.25, 0.3) is 0 Å². The first kappa shape index (κ1) is 18.1. The van der Waals surface area contributed by atoms with E-state index in [1.54, 1.807) is 0 Å². The summed E-state index contributed by atoms with van der Waals surface area (Å²) in [5, 5.41) is 20.5. The van der Waals surface area contributed by atoms with Gasteiger partial charge in [-0.25, -0.2) is 0 Å². The normalized spacial score (nSPS) is 47.7. The molecule has 4 aliphatic carbocycles. The lowest BCUT2D eigenvalue weighted by Gasteiger charge is -2.57. The van der Waals surface area contributed by atoms with Gasteiger partial charge in [0.05, 0.1) is 0 Å². The van der Waals surface area contributed by atoms with Crippen LogP contribution in [0.25, 0.3) is 0 Å². The zero-order valence-corrected chi connectivity index (χ0v) is 15.6. The van der Waals surface area contributed by atoms with Crippen LogP contribution in [0.4, 0.5) is 0 Å². The Labute approximate surface area is 153 Å². The number of hydrogen-bond acceptors (Lipinski definition) is 5. The molecule has 0 bridgehead atoms. The van der Waals surface area contributed by atoms with E-state index in [-0.39, 0.29) is 41.2 Å². The topological polar surface area (TPSA) is 91.7 Å². The fourth-order valence-corrected chi connectivity index (χ4v) is 6.90. The van der Waals surface area contributed by atoms with Crippen molar-refractivity contribution in [3.05, 3.63) is 11.6 Å². The highest BCUT2D eigenvalue weighted by atomic mass is 16.3. The maximum Gasteiger partial charge on any atom is 0.190 e. The Morgan fingerprint density at radius 2 is 2.00 bits per heavy atom. The first-order valence-electron chi connectivity index (χ1n) is 9.78. The predicted octanol–water partition coefficient (Wildman–Crippen LogP) is 1.99. The van der Waals surface area contributed by atoms with Crippen molar-refractivity contribution in [1.29, 1.82) is 0 Å². The summed E-state index contributed by atoms with van der Waals surface area (Å²) >= 11 is 0. The minimum Gasteiger partial charge on any atom is -0.388 e. The summed E-state index contributed by atoms with van der Waals surface area (Å²) in [5.74, 6) is -0.136. The first-order chi connectivity index (χ1) is 12.2. The lowest BCUT2D eigenvalue weighted by Crippen LogP contribution is -2.60. The molecule has 0 aliphatic heterocycles. The van der Waals surface area contributed by atoms with Crippen LogP contribution < -0.4 is 0 Å². The Morgan fingerprint density at radius 1 is 1.27 bits per heavy atom. The molecule has 0 saturated heterocycles. The Kier molecular flexibility index (Phi) is 3.88. The lowest BCUT2D eigenvalue weighted by molar-refractivity contribution is -0.169. The summed E-state index contributed by atoms with van der Waals surface area (Å²) in [6.45, 7) is 3.30. The molecule has 4 aliphatic rings. The maximum atomic E-state index is 13.3. The summed E-state index contributed by atoms with van der Waals surface area (Å²) in [6, 6.07) is 0. The third-order valence-electron chi connectivity index (χ3n) is 8.39. The van der Waals surface area contributed by atoms with Crippen LogP contribution in [0, 0.1) is 28.6 Å². The largest absolute Gasteiger partial charge is 0.388 e. The second-order valence-electron chi connectivity index (χ2n) is 9.39. The third-order valence-corrected chi connectivity index (χ3v) is 8.39. The standard InChI is InChI=1S/C21H28O5/c1-19-7-5-13(23)9-12(19)3-4-14-15-6-8-21(26,17(25)11-22)20(15,2)10-16(24)18(14)19/h3,14-15,18,22,26H,4-11H2,1-2H3/t14-,15-,18+,19-,20-,21-/m0/s1. The molecule has 2 N–H and O–H groups in total. The van der Waals surface area contributed by atoms with Gasteiger partial charge in [0.1, 0.15) is 23.8 Å². The average molecular weight is 360 g/mol. The smallest absolute Gasteiger partial charge is 0.190 e. The van der Waals surface area contributed by atoms with Gasteiger partial charge in [0.15, 0.2) is 5.78 Å². The van der Waals surface area contributed by atoms with Crippen molar-refractivity contribution < 1.29 is 24.6 Å². The van der Waals surface area contributed by atoms with Gasteiger partial charge in [-0.3, -0.25) is 14.4 Å². The molecule has 0 amide bonds. The van der Waals surface area contributed by atoms with Crippen molar-refractivity contribution in [2.75, 3.05) is 6.61 Å². The molecule has 0 radical (unpaired) electrons. The predicted molar refractivity (Wildman–Crippen MR) is 94.1 cm³/mol. The van der Waals surface area contributed by atoms with Crippen LogP contribution in [0.5, 0.6) is 0 Å². The second-order valence-corrected chi connectivity index (χ2v) is 9.39. The highest BCUT2D eigenvalue weighted by Crippen LogP contribution is 2.66. The minimum atomic E-state index is -1.61. The van der Waals surface area contributed by atoms with E-state index >= 15 is 0 Å². The highest BCUT2D eigenvalue weighted by molar-refractivity contribution is 5.93. The molecule has 5 heteroatoms. The van der Waals surface area contributed by atoms with E-state index in [2.05, 4.69) is 13.0 Å². The van der Waals surface area contributed by atoms with E-state index in [9.17, 15) is 24.6 Å². The van der Waals surface area contributed by atoms with E-state index in [1.165, 1.54) is 0 Å². The Hall–Kier alpha value is -1.33. The number of ketones is 3. The Morgan fingerprint density at radius 3 is 2.69 bits per heavy atom. The van der Waals surface area contributed by atoms with Gasteiger partial charge in [-0.15, -0.1) is 0 Å². The van der Waals surface area contributed by atoms with E-state index in [4.69, 9.17) is 0 Å². The zero-order valence-electron chi connectivity index (χ0n) is 15.6. The first-order valence-corrected chi connectivity index (χ1v) is 9.78. The lowest BCUT2D eigenvalue weighted by atomic mass is 9.46. The second kappa shape index (κ2) is 5.59. The van der Waals surface area contributed by atoms with Crippen molar-refractivity contribution in [2.45, 2.75) is 64.4 Å². The molecule has 0 aromatic rings. The van der Waals surface area contributed by atoms with Crippen LogP contribution in [0.15, 0.2) is 11.6 Å². The number of fused-ring (bicyclic) bond motifs is 5. The van der Waals surface area contributed by atoms with Gasteiger partial charge in [0.2, 0.25) is 0 Å². The summed E-state index contributed by atoms with van der Waals surface area (Å²) in [6.07, 6.45) is 5.79. The summed E-state index contributed by atoms with van der Waals surface area (Å²) in [7, 11) is 0. The monoisotopic (exact) mass is 360 g/mol. The fraction of sp³-hybridized carbons (Fsp3) is 0.762. The third kappa shape index (κ3) is 2.07. The maximum absolute atomic E-state index is 13.3. The number of rotatable bonds is 2. The molecule has 142 valence electrons. The zero-order chi connectivity index (χ0) is 18.9. The van der Waals surface area contributed by atoms with Crippen LogP contribution >= 0.6 is 0 Å². The molecule has 0 aromatic heterocycles. The number of carbonyl (C=O) groups excluding carboxylic acids is 3. The van der Waals surface area contributed by atoms with Crippen molar-refractivity contribution in [1.82, 2.24) is 0 Å². The molecular weight excluding hydrogens is 332 g/mol. The Balaban J connectivity index is 1.75. The van der Waals surface area contributed by atoms with E-state index in [0.29, 0.717) is 32.1 Å². The molecule has 0 unspecified atom stereocenters. The minimum absolute atomic E-state index is 0.0814. The van der Waals surface area contributed by atoms with Crippen LogP contribution in [0.2, 0.25) is 0 Å². The van der Waals surface area contributed by atoms with Gasteiger partial charge in [-0.2, -0.15) is 0 Å². The molecule has 26 heavy (non-hydrogen) atoms. The van der Waals surface area contributed by atoms with E-state index in [0.717, 1.165) is 12.0 Å². The van der Waals surface area contributed by atoms with Gasteiger partial charge < -0.3 is 10.2 Å². The van der Waals surface area contributed by atoms with Crippen LogP contribution in [-0.2, 0) is 14.4 Å². The molecule has 0 heterocycles. The van der Waals surface area contributed by atoms with Crippen molar-refractivity contribution in [3.63, 3.8) is 0 Å². The number of allylic oxidation sites excluding steroid dienone is 2. The molecule has 0 spiro atoms. The Bertz CT molecular complexity index is 724. The van der Waals surface area contributed by atoms with E-state index in [1.807, 2.05) is 6.92 Å². The molecule has 0 aromatic carbocycles. The molecule has 4 rings (SSSR count). The van der Waals surface area contributed by atoms with Gasteiger partial charge in [-0.05, 0) is 42.9 Å². The van der Waals surface area contributed by atoms with Crippen LogP contribution in [-0.4, -0.2) is 39.8 Å². The highest BCUT2D eigenvalue weighted by Gasteiger charge is 2.68. The van der Waals surface area contributed by atoms with Crippen molar-refractivity contribution in [3.8, 4) is 0 Å². The van der Waals surface area contributed by atoms with Crippen LogP contribution in [0.3, 0.4) is 0 Å². The number of aliphatic hydroxyl groups is 2. The van der Waals surface area contributed by atoms with Crippen molar-refractivity contribution >= 4 is 17.3 Å². The summed E-state index contributed by atoms with van der Waals surface area (Å²) in [4.78, 5) is 37.6. The quantitative estimate of drug-likeness (QED) is 0.735. The number of aliphatic hydroxyl groups excluding tert-OH is 1. The van der Waals surface area contributed by atoms with Crippen LogP contribution in [0.1, 0.15) is 58.8 Å². The molecule has 5 nitrogen and oxygen atoms in total. The van der Waals surface area contributed by atoms with Gasteiger partial charge >= 0.3 is 0 Å². The fourth-order valence-electron chi connectivity index (χ4n) is 6.90. The summed E-state index contributed by atoms with van der Waals surface area (Å²) in [5.41, 5.74) is -1.57. The molecule has 6 atom stereocenters. The SMILES string of the molecule is C[C@]12CCC(=O)CC1=CC[C@@H]1[C@@H]2C(=O)C[C@@]2(C)[C@H]1CC[C@]2(O)C(=O)CO. The molecule has 3 fully saturated rings. The molecular formula is C21H28O5.